The van der Waals surface area contributed by atoms with Gasteiger partial charge in [0, 0.05) is 25.7 Å². The van der Waals surface area contributed by atoms with E-state index in [-0.39, 0.29) is 16.5 Å². The molecule has 2 aromatic rings. The first kappa shape index (κ1) is 15.8. The number of pyridine rings is 1. The summed E-state index contributed by atoms with van der Waals surface area (Å²) in [7, 11) is 1.71. The summed E-state index contributed by atoms with van der Waals surface area (Å²) in [5.41, 5.74) is 2.44. The lowest BCUT2D eigenvalue weighted by molar-refractivity contribution is 0.0754. The van der Waals surface area contributed by atoms with E-state index in [0.717, 1.165) is 34.2 Å². The molecule has 1 aliphatic carbocycles. The third-order valence-corrected chi connectivity index (χ3v) is 6.38. The molecule has 24 heavy (non-hydrogen) atoms. The van der Waals surface area contributed by atoms with Gasteiger partial charge in [-0.25, -0.2) is 4.98 Å². The van der Waals surface area contributed by atoms with Crippen LogP contribution in [0.4, 0.5) is 0 Å². The summed E-state index contributed by atoms with van der Waals surface area (Å²) in [6.45, 7) is 2.77. The van der Waals surface area contributed by atoms with Crippen LogP contribution in [-0.2, 0) is 26.6 Å². The maximum atomic E-state index is 12.8. The van der Waals surface area contributed by atoms with Crippen LogP contribution in [0.15, 0.2) is 11.0 Å². The van der Waals surface area contributed by atoms with Crippen LogP contribution in [-0.4, -0.2) is 20.4 Å². The first-order chi connectivity index (χ1) is 11.5. The Hall–Kier alpha value is -1.66. The zero-order chi connectivity index (χ0) is 17.0. The quantitative estimate of drug-likeness (QED) is 0.842. The van der Waals surface area contributed by atoms with Crippen molar-refractivity contribution in [2.75, 3.05) is 0 Å². The summed E-state index contributed by atoms with van der Waals surface area (Å²) in [4.78, 5) is 31.8. The number of aromatic nitrogens is 2. The fraction of sp³-hybridized carbons (Fsp3) is 0.471. The highest BCUT2D eigenvalue weighted by Crippen LogP contribution is 2.34. The third-order valence-electron chi connectivity index (χ3n) is 4.93. The summed E-state index contributed by atoms with van der Waals surface area (Å²) in [5.74, 6) is 0.739. The molecule has 7 heteroatoms. The smallest absolute Gasteiger partial charge is 0.269 e. The van der Waals surface area contributed by atoms with Crippen molar-refractivity contribution in [3.05, 3.63) is 48.3 Å². The van der Waals surface area contributed by atoms with Gasteiger partial charge in [0.25, 0.3) is 11.5 Å². The van der Waals surface area contributed by atoms with Crippen molar-refractivity contribution in [1.29, 1.82) is 0 Å². The van der Waals surface area contributed by atoms with Gasteiger partial charge in [0.05, 0.1) is 17.7 Å². The van der Waals surface area contributed by atoms with Crippen molar-refractivity contribution in [2.24, 2.45) is 13.0 Å². The number of halogens is 1. The van der Waals surface area contributed by atoms with E-state index >= 15 is 0 Å². The predicted octanol–water partition coefficient (Wildman–Crippen LogP) is 2.91. The molecule has 0 bridgehead atoms. The molecule has 0 aromatic carbocycles. The first-order valence-electron chi connectivity index (χ1n) is 8.06. The van der Waals surface area contributed by atoms with Gasteiger partial charge < -0.3 is 9.47 Å². The zero-order valence-electron chi connectivity index (χ0n) is 13.6. The van der Waals surface area contributed by atoms with Crippen molar-refractivity contribution in [2.45, 2.75) is 39.3 Å². The third kappa shape index (κ3) is 2.58. The Morgan fingerprint density at radius 2 is 2.17 bits per heavy atom. The Bertz CT molecular complexity index is 898. The van der Waals surface area contributed by atoms with Crippen LogP contribution >= 0.6 is 22.9 Å². The largest absolute Gasteiger partial charge is 0.328 e. The monoisotopic (exact) mass is 363 g/mol. The second-order valence-corrected chi connectivity index (χ2v) is 8.15. The van der Waals surface area contributed by atoms with Crippen molar-refractivity contribution < 1.29 is 4.79 Å². The van der Waals surface area contributed by atoms with Crippen LogP contribution in [0.3, 0.4) is 0 Å². The van der Waals surface area contributed by atoms with E-state index in [2.05, 4.69) is 4.98 Å². The topological polar surface area (TPSA) is 55.2 Å². The molecule has 0 spiro atoms. The van der Waals surface area contributed by atoms with E-state index in [4.69, 9.17) is 11.6 Å². The lowest BCUT2D eigenvalue weighted by Crippen LogP contribution is -2.26. The van der Waals surface area contributed by atoms with Gasteiger partial charge in [-0.2, -0.15) is 0 Å². The van der Waals surface area contributed by atoms with Crippen LogP contribution < -0.4 is 5.56 Å². The van der Waals surface area contributed by atoms with Gasteiger partial charge >= 0.3 is 0 Å². The standard InChI is InChI=1S/C17H18ClN3O2S/c1-9-11-7-21(8-12(11)20(2)17(23)15(9)18)16(22)13-6-19-14(24-13)5-10-3-4-10/h6,10H,3-5,7-8H2,1-2H3. The Kier molecular flexibility index (Phi) is 3.77. The number of thiazole rings is 1. The second-order valence-electron chi connectivity index (χ2n) is 6.66. The van der Waals surface area contributed by atoms with E-state index < -0.39 is 0 Å². The Labute approximate surface area is 148 Å². The molecule has 0 radical (unpaired) electrons. The molecule has 2 aliphatic rings. The molecule has 3 heterocycles. The summed E-state index contributed by atoms with van der Waals surface area (Å²) < 4.78 is 1.56. The minimum absolute atomic E-state index is 0.0197. The van der Waals surface area contributed by atoms with Crippen LogP contribution in [0.25, 0.3) is 0 Å². The molecule has 1 fully saturated rings. The lowest BCUT2D eigenvalue weighted by atomic mass is 10.1. The summed E-state index contributed by atoms with van der Waals surface area (Å²) in [5, 5.41) is 1.29. The van der Waals surface area contributed by atoms with Crippen LogP contribution in [0.1, 0.15) is 44.3 Å². The van der Waals surface area contributed by atoms with E-state index in [1.165, 1.54) is 24.2 Å². The molecule has 2 aromatic heterocycles. The molecule has 126 valence electrons. The minimum atomic E-state index is -0.202. The number of fused-ring (bicyclic) bond motifs is 1. The highest BCUT2D eigenvalue weighted by atomic mass is 35.5. The van der Waals surface area contributed by atoms with Gasteiger partial charge in [0.15, 0.2) is 0 Å². The minimum Gasteiger partial charge on any atom is -0.328 e. The van der Waals surface area contributed by atoms with Crippen molar-refractivity contribution >= 4 is 28.8 Å². The molecule has 4 rings (SSSR count). The van der Waals surface area contributed by atoms with Gasteiger partial charge in [-0.15, -0.1) is 11.3 Å². The SMILES string of the molecule is Cc1c2c(n(C)c(=O)c1Cl)CN(C(=O)c1cnc(CC3CC3)s1)C2. The van der Waals surface area contributed by atoms with Crippen LogP contribution in [0, 0.1) is 12.8 Å². The second kappa shape index (κ2) is 5.70. The van der Waals surface area contributed by atoms with E-state index in [9.17, 15) is 9.59 Å². The summed E-state index contributed by atoms with van der Waals surface area (Å²) in [6.07, 6.45) is 5.23. The average molecular weight is 364 g/mol. The van der Waals surface area contributed by atoms with Crippen LogP contribution in [0.5, 0.6) is 0 Å². The molecule has 0 atom stereocenters. The Morgan fingerprint density at radius 3 is 2.88 bits per heavy atom. The van der Waals surface area contributed by atoms with Gasteiger partial charge in [-0.3, -0.25) is 9.59 Å². The summed E-state index contributed by atoms with van der Waals surface area (Å²) >= 11 is 7.62. The maximum Gasteiger partial charge on any atom is 0.269 e. The molecule has 5 nitrogen and oxygen atoms in total. The number of rotatable bonds is 3. The molecule has 0 saturated heterocycles. The van der Waals surface area contributed by atoms with E-state index in [1.807, 2.05) is 6.92 Å². The average Bonchev–Trinajstić information content (AvgIpc) is 3.09. The van der Waals surface area contributed by atoms with Crippen molar-refractivity contribution in [1.82, 2.24) is 14.5 Å². The highest BCUT2D eigenvalue weighted by Gasteiger charge is 2.30. The number of amides is 1. The maximum absolute atomic E-state index is 12.8. The van der Waals surface area contributed by atoms with E-state index in [0.29, 0.717) is 18.0 Å². The molecular formula is C17H18ClN3O2S. The molecule has 0 N–H and O–H groups in total. The molecule has 0 unspecified atom stereocenters. The zero-order valence-corrected chi connectivity index (χ0v) is 15.2. The van der Waals surface area contributed by atoms with Gasteiger partial charge in [-0.1, -0.05) is 11.6 Å². The molecular weight excluding hydrogens is 346 g/mol. The van der Waals surface area contributed by atoms with Gasteiger partial charge in [-0.05, 0) is 36.8 Å². The van der Waals surface area contributed by atoms with Crippen LogP contribution in [0.2, 0.25) is 5.02 Å². The first-order valence-corrected chi connectivity index (χ1v) is 9.26. The number of hydrogen-bond donors (Lipinski definition) is 0. The van der Waals surface area contributed by atoms with Crippen molar-refractivity contribution in [3.8, 4) is 0 Å². The number of carbonyl (C=O) groups is 1. The van der Waals surface area contributed by atoms with Gasteiger partial charge in [0.1, 0.15) is 9.90 Å². The van der Waals surface area contributed by atoms with Gasteiger partial charge in [0.2, 0.25) is 0 Å². The molecule has 1 aliphatic heterocycles. The summed E-state index contributed by atoms with van der Waals surface area (Å²) in [6, 6.07) is 0. The van der Waals surface area contributed by atoms with E-state index in [1.54, 1.807) is 22.7 Å². The highest BCUT2D eigenvalue weighted by molar-refractivity contribution is 7.13. The lowest BCUT2D eigenvalue weighted by Gasteiger charge is -2.13. The molecule has 1 saturated carbocycles. The number of hydrogen-bond acceptors (Lipinski definition) is 4. The number of carbonyl (C=O) groups excluding carboxylic acids is 1. The van der Waals surface area contributed by atoms with Crippen molar-refractivity contribution in [3.63, 3.8) is 0 Å². The Morgan fingerprint density at radius 1 is 1.42 bits per heavy atom. The fourth-order valence-electron chi connectivity index (χ4n) is 3.19. The fourth-order valence-corrected chi connectivity index (χ4v) is 4.43. The Balaban J connectivity index is 1.59. The normalized spacial score (nSPS) is 16.5. The molecule has 1 amide bonds. The predicted molar refractivity (Wildman–Crippen MR) is 93.5 cm³/mol. The number of nitrogens with zero attached hydrogens (tertiary/aromatic N) is 3.